The van der Waals surface area contributed by atoms with Gasteiger partial charge < -0.3 is 15.3 Å². The molecule has 40 heavy (non-hydrogen) atoms. The number of phenols is 1. The van der Waals surface area contributed by atoms with Crippen molar-refractivity contribution >= 4 is 11.9 Å². The van der Waals surface area contributed by atoms with Gasteiger partial charge in [-0.05, 0) is 40.9 Å². The van der Waals surface area contributed by atoms with Gasteiger partial charge in [-0.3, -0.25) is 9.59 Å². The molecule has 1 atom stereocenters. The number of phenolic OH excluding ortho intramolecular Hbond substituents is 1. The van der Waals surface area contributed by atoms with E-state index in [-0.39, 0.29) is 16.6 Å². The Hall–Kier alpha value is -2.04. The average molecular weight is 563 g/mol. The molecule has 0 saturated heterocycles. The summed E-state index contributed by atoms with van der Waals surface area (Å²) in [5.41, 5.74) is 1.86. The topological polar surface area (TPSA) is 94.8 Å². The Morgan fingerprint density at radius 1 is 0.650 bits per heavy atom. The van der Waals surface area contributed by atoms with Gasteiger partial charge in [-0.25, -0.2) is 0 Å². The van der Waals surface area contributed by atoms with Crippen molar-refractivity contribution in [3.63, 3.8) is 0 Å². The highest BCUT2D eigenvalue weighted by Gasteiger charge is 2.28. The maximum absolute atomic E-state index is 11.2. The van der Waals surface area contributed by atoms with Gasteiger partial charge in [-0.15, -0.1) is 0 Å². The van der Waals surface area contributed by atoms with E-state index < -0.39 is 17.9 Å². The van der Waals surface area contributed by atoms with Crippen molar-refractivity contribution in [2.45, 2.75) is 175 Å². The first-order chi connectivity index (χ1) is 18.6. The van der Waals surface area contributed by atoms with Gasteiger partial charge in [0.05, 0.1) is 5.92 Å². The van der Waals surface area contributed by atoms with Crippen molar-refractivity contribution in [3.8, 4) is 5.75 Å². The molecule has 0 spiro atoms. The Labute approximate surface area is 246 Å². The number of aromatic hydroxyl groups is 1. The van der Waals surface area contributed by atoms with Crippen LogP contribution in [0.2, 0.25) is 0 Å². The number of hydrogen-bond donors (Lipinski definition) is 3. The SMILES string of the molecule is CC(C(=O)O)c1cc(C(C)(C)C)c(O)c(C(C)(C)C)c1.CCCCCCCCCCCCCCCCCC(=O)O. The smallest absolute Gasteiger partial charge is 0.310 e. The zero-order valence-corrected chi connectivity index (χ0v) is 27.2. The molecule has 0 bridgehead atoms. The Balaban J connectivity index is 0.000000760. The van der Waals surface area contributed by atoms with Gasteiger partial charge in [0.1, 0.15) is 5.75 Å². The van der Waals surface area contributed by atoms with Crippen LogP contribution in [0.1, 0.15) is 181 Å². The van der Waals surface area contributed by atoms with Gasteiger partial charge in [0.25, 0.3) is 0 Å². The van der Waals surface area contributed by atoms with E-state index in [1.54, 1.807) is 6.92 Å². The first-order valence-electron chi connectivity index (χ1n) is 15.9. The summed E-state index contributed by atoms with van der Waals surface area (Å²) in [6.45, 7) is 16.0. The normalized spacial score (nSPS) is 12.5. The molecule has 1 rings (SSSR count). The highest BCUT2D eigenvalue weighted by molar-refractivity contribution is 5.76. The zero-order chi connectivity index (χ0) is 30.8. The van der Waals surface area contributed by atoms with E-state index in [0.717, 1.165) is 29.5 Å². The average Bonchev–Trinajstić information content (AvgIpc) is 2.84. The van der Waals surface area contributed by atoms with Crippen molar-refractivity contribution in [3.05, 3.63) is 28.8 Å². The number of hydrogen-bond acceptors (Lipinski definition) is 3. The fourth-order valence-electron chi connectivity index (χ4n) is 4.84. The molecule has 0 radical (unpaired) electrons. The zero-order valence-electron chi connectivity index (χ0n) is 27.2. The summed E-state index contributed by atoms with van der Waals surface area (Å²) in [5.74, 6) is -1.81. The summed E-state index contributed by atoms with van der Waals surface area (Å²) in [5, 5.41) is 28.3. The molecule has 5 nitrogen and oxygen atoms in total. The molecule has 1 aromatic rings. The van der Waals surface area contributed by atoms with E-state index >= 15 is 0 Å². The molecular weight excluding hydrogens is 500 g/mol. The minimum absolute atomic E-state index is 0.238. The highest BCUT2D eigenvalue weighted by Crippen LogP contribution is 2.41. The lowest BCUT2D eigenvalue weighted by molar-refractivity contribution is -0.138. The van der Waals surface area contributed by atoms with Crippen LogP contribution in [-0.4, -0.2) is 27.3 Å². The minimum atomic E-state index is -0.851. The number of aliphatic carboxylic acids is 2. The number of carbonyl (C=O) groups is 2. The van der Waals surface area contributed by atoms with Crippen LogP contribution >= 0.6 is 0 Å². The molecule has 0 heterocycles. The Morgan fingerprint density at radius 3 is 1.25 bits per heavy atom. The predicted molar refractivity (Wildman–Crippen MR) is 169 cm³/mol. The molecule has 5 heteroatoms. The van der Waals surface area contributed by atoms with Gasteiger partial charge in [0.15, 0.2) is 0 Å². The number of benzene rings is 1. The van der Waals surface area contributed by atoms with Crippen molar-refractivity contribution in [1.29, 1.82) is 0 Å². The summed E-state index contributed by atoms with van der Waals surface area (Å²) in [6, 6.07) is 3.65. The molecule has 1 unspecified atom stereocenters. The van der Waals surface area contributed by atoms with E-state index in [0.29, 0.717) is 6.42 Å². The maximum Gasteiger partial charge on any atom is 0.310 e. The van der Waals surface area contributed by atoms with Crippen molar-refractivity contribution in [2.24, 2.45) is 0 Å². The number of unbranched alkanes of at least 4 members (excludes halogenated alkanes) is 14. The molecule has 1 aromatic carbocycles. The highest BCUT2D eigenvalue weighted by atomic mass is 16.4. The molecule has 0 aliphatic rings. The van der Waals surface area contributed by atoms with Crippen LogP contribution in [0.15, 0.2) is 12.1 Å². The van der Waals surface area contributed by atoms with E-state index in [4.69, 9.17) is 5.11 Å². The Kier molecular flexibility index (Phi) is 18.9. The third kappa shape index (κ3) is 16.9. The Morgan fingerprint density at radius 2 is 0.975 bits per heavy atom. The van der Waals surface area contributed by atoms with Crippen LogP contribution in [-0.2, 0) is 20.4 Å². The second-order valence-corrected chi connectivity index (χ2v) is 13.6. The van der Waals surface area contributed by atoms with Gasteiger partial charge in [-0.1, -0.05) is 150 Å². The summed E-state index contributed by atoms with van der Waals surface area (Å²) < 4.78 is 0. The molecule has 0 saturated carbocycles. The maximum atomic E-state index is 11.2. The third-order valence-electron chi connectivity index (χ3n) is 7.61. The first-order valence-corrected chi connectivity index (χ1v) is 15.9. The fourth-order valence-corrected chi connectivity index (χ4v) is 4.84. The van der Waals surface area contributed by atoms with E-state index in [2.05, 4.69) is 6.92 Å². The fraction of sp³-hybridized carbons (Fsp3) is 0.771. The molecular formula is C35H62O5. The third-order valence-corrected chi connectivity index (χ3v) is 7.61. The predicted octanol–water partition coefficient (Wildman–Crippen LogP) is 10.5. The van der Waals surface area contributed by atoms with Gasteiger partial charge in [0, 0.05) is 6.42 Å². The Bertz CT molecular complexity index is 809. The van der Waals surface area contributed by atoms with Crippen LogP contribution in [0, 0.1) is 0 Å². The lowest BCUT2D eigenvalue weighted by atomic mass is 9.77. The summed E-state index contributed by atoms with van der Waals surface area (Å²) in [7, 11) is 0. The molecule has 0 fully saturated rings. The van der Waals surface area contributed by atoms with Crippen LogP contribution in [0.25, 0.3) is 0 Å². The second-order valence-electron chi connectivity index (χ2n) is 13.6. The molecule has 0 aliphatic heterocycles. The summed E-state index contributed by atoms with van der Waals surface area (Å²) >= 11 is 0. The number of rotatable bonds is 18. The van der Waals surface area contributed by atoms with Crippen LogP contribution in [0.4, 0.5) is 0 Å². The van der Waals surface area contributed by atoms with Crippen molar-refractivity contribution in [1.82, 2.24) is 0 Å². The van der Waals surface area contributed by atoms with E-state index in [9.17, 15) is 19.8 Å². The monoisotopic (exact) mass is 562 g/mol. The minimum Gasteiger partial charge on any atom is -0.507 e. The standard InChI is InChI=1S/C18H36O2.C17H26O3/c1-2-3-4-5-6-7-8-9-10-11-12-13-14-15-16-17-18(19)20;1-10(15(19)20)11-8-12(16(2,3)4)14(18)13(9-11)17(5,6)7/h2-17H2,1H3,(H,19,20);8-10,18H,1-7H3,(H,19,20). The molecule has 232 valence electrons. The summed E-state index contributed by atoms with van der Waals surface area (Å²) in [4.78, 5) is 21.6. The molecule has 3 N–H and O–H groups in total. The van der Waals surface area contributed by atoms with E-state index in [1.807, 2.05) is 53.7 Å². The van der Waals surface area contributed by atoms with Crippen LogP contribution < -0.4 is 0 Å². The molecule has 0 amide bonds. The van der Waals surface area contributed by atoms with Crippen molar-refractivity contribution in [2.75, 3.05) is 0 Å². The lowest BCUT2D eigenvalue weighted by Crippen LogP contribution is -2.19. The van der Waals surface area contributed by atoms with Gasteiger partial charge in [-0.2, -0.15) is 0 Å². The molecule has 0 aliphatic carbocycles. The first kappa shape index (κ1) is 38.0. The number of carboxylic acid groups (broad SMARTS) is 2. The van der Waals surface area contributed by atoms with Gasteiger partial charge >= 0.3 is 11.9 Å². The quantitative estimate of drug-likeness (QED) is 0.155. The molecule has 0 aromatic heterocycles. The van der Waals surface area contributed by atoms with E-state index in [1.165, 1.54) is 83.5 Å². The van der Waals surface area contributed by atoms with Crippen LogP contribution in [0.3, 0.4) is 0 Å². The summed E-state index contributed by atoms with van der Waals surface area (Å²) in [6.07, 6.45) is 20.2. The number of carboxylic acids is 2. The lowest BCUT2D eigenvalue weighted by Gasteiger charge is -2.28. The van der Waals surface area contributed by atoms with Gasteiger partial charge in [0.2, 0.25) is 0 Å². The largest absolute Gasteiger partial charge is 0.507 e. The second kappa shape index (κ2) is 19.9. The van der Waals surface area contributed by atoms with Crippen LogP contribution in [0.5, 0.6) is 5.75 Å². The van der Waals surface area contributed by atoms with Crippen molar-refractivity contribution < 1.29 is 24.9 Å².